The van der Waals surface area contributed by atoms with Gasteiger partial charge in [0.2, 0.25) is 0 Å². The molecule has 0 aliphatic carbocycles. The highest BCUT2D eigenvalue weighted by atomic mass is 16.5. The molecule has 0 saturated carbocycles. The molecule has 0 fully saturated rings. The number of rotatable bonds is 4. The van der Waals surface area contributed by atoms with Crippen LogP contribution in [0.3, 0.4) is 0 Å². The quantitative estimate of drug-likeness (QED) is 0.620. The highest BCUT2D eigenvalue weighted by molar-refractivity contribution is 6.36. The summed E-state index contributed by atoms with van der Waals surface area (Å²) in [7, 11) is 1.25. The molecule has 1 aliphatic rings. The minimum absolute atomic E-state index is 0.118. The average molecular weight is 351 g/mol. The first kappa shape index (κ1) is 17.9. The number of anilines is 1. The van der Waals surface area contributed by atoms with Crippen molar-refractivity contribution in [1.29, 1.82) is 0 Å². The highest BCUT2D eigenvalue weighted by Crippen LogP contribution is 2.36. The second-order valence-electron chi connectivity index (χ2n) is 6.44. The van der Waals surface area contributed by atoms with E-state index in [1.165, 1.54) is 18.1 Å². The van der Waals surface area contributed by atoms with E-state index in [2.05, 4.69) is 6.92 Å². The van der Waals surface area contributed by atoms with Gasteiger partial charge in [0.1, 0.15) is 0 Å². The molecule has 2 amide bonds. The Labute approximate surface area is 152 Å². The zero-order valence-corrected chi connectivity index (χ0v) is 15.4. The fourth-order valence-corrected chi connectivity index (χ4v) is 3.50. The normalized spacial score (nSPS) is 13.2. The number of methoxy groups -OCH3 is 1. The molecule has 1 aliphatic heterocycles. The summed E-state index contributed by atoms with van der Waals surface area (Å²) in [6.45, 7) is 5.92. The summed E-state index contributed by atoms with van der Waals surface area (Å²) < 4.78 is 4.77. The first-order valence-electron chi connectivity index (χ1n) is 8.61. The zero-order valence-electron chi connectivity index (χ0n) is 15.4. The molecular weight excluding hydrogens is 330 g/mol. The molecule has 0 unspecified atom stereocenters. The van der Waals surface area contributed by atoms with E-state index in [0.717, 1.165) is 29.5 Å². The summed E-state index contributed by atoms with van der Waals surface area (Å²) >= 11 is 0. The third-order valence-electron chi connectivity index (χ3n) is 4.76. The molecule has 0 N–H and O–H groups in total. The van der Waals surface area contributed by atoms with Crippen LogP contribution < -0.4 is 4.90 Å². The van der Waals surface area contributed by atoms with Gasteiger partial charge in [-0.3, -0.25) is 9.59 Å². The van der Waals surface area contributed by atoms with Crippen molar-refractivity contribution in [3.63, 3.8) is 0 Å². The molecule has 0 bridgehead atoms. The summed E-state index contributed by atoms with van der Waals surface area (Å²) in [6.07, 6.45) is 1.66. The third-order valence-corrected chi connectivity index (χ3v) is 4.76. The monoisotopic (exact) mass is 351 g/mol. The molecule has 0 atom stereocenters. The fourth-order valence-electron chi connectivity index (χ4n) is 3.50. The molecule has 1 heterocycles. The van der Waals surface area contributed by atoms with Crippen LogP contribution in [0.1, 0.15) is 61.1 Å². The molecule has 5 nitrogen and oxygen atoms in total. The van der Waals surface area contributed by atoms with Gasteiger partial charge in [0.15, 0.2) is 0 Å². The molecular formula is C21H21NO4. The number of hydrogen-bond donors (Lipinski definition) is 0. The molecule has 5 heteroatoms. The number of ether oxygens (including phenoxy) is 1. The van der Waals surface area contributed by atoms with Gasteiger partial charge in [0.25, 0.3) is 11.8 Å². The topological polar surface area (TPSA) is 63.7 Å². The maximum atomic E-state index is 13.2. The summed E-state index contributed by atoms with van der Waals surface area (Å²) in [5.41, 5.74) is 3.99. The number of aryl methyl sites for hydroxylation is 2. The molecule has 0 radical (unpaired) electrons. The van der Waals surface area contributed by atoms with Crippen LogP contribution in [-0.4, -0.2) is 24.9 Å². The van der Waals surface area contributed by atoms with E-state index >= 15 is 0 Å². The van der Waals surface area contributed by atoms with Crippen molar-refractivity contribution in [2.75, 3.05) is 12.0 Å². The molecule has 0 saturated heterocycles. The van der Waals surface area contributed by atoms with Crippen LogP contribution in [0.2, 0.25) is 0 Å². The van der Waals surface area contributed by atoms with Crippen molar-refractivity contribution >= 4 is 23.5 Å². The fraction of sp³-hybridized carbons (Fsp3) is 0.286. The van der Waals surface area contributed by atoms with Crippen molar-refractivity contribution in [1.82, 2.24) is 0 Å². The zero-order chi connectivity index (χ0) is 19.0. The van der Waals surface area contributed by atoms with Crippen LogP contribution in [0.15, 0.2) is 30.3 Å². The SMILES string of the molecule is CCCc1c(C)ccc(C)c1N1C(=O)c2cccc(C(=O)OC)c2C1=O. The van der Waals surface area contributed by atoms with Gasteiger partial charge < -0.3 is 4.74 Å². The minimum atomic E-state index is -0.625. The molecule has 26 heavy (non-hydrogen) atoms. The smallest absolute Gasteiger partial charge is 0.338 e. The van der Waals surface area contributed by atoms with E-state index in [1.54, 1.807) is 12.1 Å². The summed E-state index contributed by atoms with van der Waals surface area (Å²) in [5.74, 6) is -1.50. The van der Waals surface area contributed by atoms with E-state index in [4.69, 9.17) is 4.74 Å². The van der Waals surface area contributed by atoms with Crippen molar-refractivity contribution in [2.45, 2.75) is 33.6 Å². The lowest BCUT2D eigenvalue weighted by Crippen LogP contribution is -2.31. The molecule has 2 aromatic rings. The Hall–Kier alpha value is -2.95. The van der Waals surface area contributed by atoms with Gasteiger partial charge in [-0.25, -0.2) is 9.69 Å². The van der Waals surface area contributed by atoms with Gasteiger partial charge in [-0.2, -0.15) is 0 Å². The standard InChI is InChI=1S/C21H21NO4/c1-5-7-14-12(2)10-11-13(3)18(14)22-19(23)15-8-6-9-16(21(25)26-4)17(15)20(22)24/h6,8-11H,5,7H2,1-4H3. The van der Waals surface area contributed by atoms with Crippen LogP contribution >= 0.6 is 0 Å². The summed E-state index contributed by atoms with van der Waals surface area (Å²) in [4.78, 5) is 39.5. The Morgan fingerprint density at radius 1 is 1.04 bits per heavy atom. The Kier molecular flexibility index (Phi) is 4.64. The number of fused-ring (bicyclic) bond motifs is 1. The maximum absolute atomic E-state index is 13.2. The number of amides is 2. The Balaban J connectivity index is 2.22. The van der Waals surface area contributed by atoms with Crippen LogP contribution in [-0.2, 0) is 11.2 Å². The number of hydrogen-bond acceptors (Lipinski definition) is 4. The first-order valence-corrected chi connectivity index (χ1v) is 8.61. The van der Waals surface area contributed by atoms with Gasteiger partial charge in [0.05, 0.1) is 29.5 Å². The van der Waals surface area contributed by atoms with Crippen molar-refractivity contribution in [2.24, 2.45) is 0 Å². The molecule has 0 aromatic heterocycles. The second kappa shape index (κ2) is 6.75. The first-order chi connectivity index (χ1) is 12.4. The summed E-state index contributed by atoms with van der Waals surface area (Å²) in [6, 6.07) is 8.59. The van der Waals surface area contributed by atoms with Gasteiger partial charge in [-0.05, 0) is 49.1 Å². The van der Waals surface area contributed by atoms with Crippen LogP contribution in [0.5, 0.6) is 0 Å². The Bertz CT molecular complexity index is 930. The van der Waals surface area contributed by atoms with Gasteiger partial charge in [-0.15, -0.1) is 0 Å². The van der Waals surface area contributed by atoms with Gasteiger partial charge >= 0.3 is 5.97 Å². The predicted molar refractivity (Wildman–Crippen MR) is 98.8 cm³/mol. The summed E-state index contributed by atoms with van der Waals surface area (Å²) in [5, 5.41) is 0. The predicted octanol–water partition coefficient (Wildman–Crippen LogP) is 3.84. The molecule has 134 valence electrons. The van der Waals surface area contributed by atoms with E-state index < -0.39 is 17.8 Å². The highest BCUT2D eigenvalue weighted by Gasteiger charge is 2.41. The number of nitrogens with zero attached hydrogens (tertiary/aromatic N) is 1. The van der Waals surface area contributed by atoms with Crippen LogP contribution in [0.4, 0.5) is 5.69 Å². The number of carbonyl (C=O) groups excluding carboxylic acids is 3. The maximum Gasteiger partial charge on any atom is 0.338 e. The largest absolute Gasteiger partial charge is 0.465 e. The second-order valence-corrected chi connectivity index (χ2v) is 6.44. The molecule has 0 spiro atoms. The van der Waals surface area contributed by atoms with E-state index in [1.807, 2.05) is 26.0 Å². The van der Waals surface area contributed by atoms with Crippen LogP contribution in [0.25, 0.3) is 0 Å². The van der Waals surface area contributed by atoms with Crippen molar-refractivity contribution < 1.29 is 19.1 Å². The molecule has 3 rings (SSSR count). The average Bonchev–Trinajstić information content (AvgIpc) is 2.89. The van der Waals surface area contributed by atoms with Crippen LogP contribution in [0, 0.1) is 13.8 Å². The number of esters is 1. The number of carbonyl (C=O) groups is 3. The van der Waals surface area contributed by atoms with Crippen molar-refractivity contribution in [3.05, 3.63) is 63.7 Å². The van der Waals surface area contributed by atoms with Gasteiger partial charge in [0, 0.05) is 0 Å². The van der Waals surface area contributed by atoms with Crippen molar-refractivity contribution in [3.8, 4) is 0 Å². The van der Waals surface area contributed by atoms with E-state index in [0.29, 0.717) is 5.69 Å². The minimum Gasteiger partial charge on any atom is -0.465 e. The number of benzene rings is 2. The lowest BCUT2D eigenvalue weighted by Gasteiger charge is -2.22. The molecule has 2 aromatic carbocycles. The Morgan fingerprint density at radius 3 is 2.38 bits per heavy atom. The lowest BCUT2D eigenvalue weighted by molar-refractivity contribution is 0.0597. The van der Waals surface area contributed by atoms with E-state index in [-0.39, 0.29) is 16.7 Å². The third kappa shape index (κ3) is 2.60. The Morgan fingerprint density at radius 2 is 1.73 bits per heavy atom. The van der Waals surface area contributed by atoms with E-state index in [9.17, 15) is 14.4 Å². The lowest BCUT2D eigenvalue weighted by atomic mass is 9.97. The number of imide groups is 1. The van der Waals surface area contributed by atoms with Gasteiger partial charge in [-0.1, -0.05) is 31.5 Å².